The topological polar surface area (TPSA) is 49.9 Å². The van der Waals surface area contributed by atoms with Crippen LogP contribution in [0.4, 0.5) is 0 Å². The molecule has 5 nitrogen and oxygen atoms in total. The third-order valence-corrected chi connectivity index (χ3v) is 4.92. The number of fused-ring (bicyclic) bond motifs is 1. The number of nitrogens with zero attached hydrogens (tertiary/aromatic N) is 2. The van der Waals surface area contributed by atoms with Crippen LogP contribution in [0.5, 0.6) is 0 Å². The number of methoxy groups -OCH3 is 1. The largest absolute Gasteiger partial charge is 0.376 e. The molecule has 0 spiro atoms. The highest BCUT2D eigenvalue weighted by Gasteiger charge is 2.45. The fourth-order valence-corrected chi connectivity index (χ4v) is 3.51. The lowest BCUT2D eigenvalue weighted by atomic mass is 9.79. The van der Waals surface area contributed by atoms with Crippen molar-refractivity contribution < 1.29 is 14.3 Å². The molecule has 19 heavy (non-hydrogen) atoms. The molecule has 2 heterocycles. The van der Waals surface area contributed by atoms with Gasteiger partial charge in [-0.3, -0.25) is 9.59 Å². The fourth-order valence-electron chi connectivity index (χ4n) is 3.51. The second-order valence-electron chi connectivity index (χ2n) is 6.03. The van der Waals surface area contributed by atoms with Crippen molar-refractivity contribution in [1.82, 2.24) is 9.80 Å². The number of carbonyl (C=O) groups excluding carboxylic acids is 2. The van der Waals surface area contributed by atoms with Crippen molar-refractivity contribution in [2.45, 2.75) is 50.2 Å². The van der Waals surface area contributed by atoms with E-state index >= 15 is 0 Å². The van der Waals surface area contributed by atoms with E-state index in [1.54, 1.807) is 16.9 Å². The van der Waals surface area contributed by atoms with Crippen molar-refractivity contribution in [1.29, 1.82) is 0 Å². The Kier molecular flexibility index (Phi) is 3.25. The zero-order chi connectivity index (χ0) is 13.5. The summed E-state index contributed by atoms with van der Waals surface area (Å²) in [5, 5.41) is 0. The van der Waals surface area contributed by atoms with E-state index in [1.807, 2.05) is 0 Å². The van der Waals surface area contributed by atoms with Gasteiger partial charge in [0.1, 0.15) is 6.04 Å². The maximum Gasteiger partial charge on any atom is 0.245 e. The van der Waals surface area contributed by atoms with Crippen LogP contribution in [0.2, 0.25) is 0 Å². The highest BCUT2D eigenvalue weighted by molar-refractivity contribution is 5.95. The quantitative estimate of drug-likeness (QED) is 0.758. The number of amides is 2. The monoisotopic (exact) mass is 266 g/mol. The molecule has 3 aliphatic rings. The summed E-state index contributed by atoms with van der Waals surface area (Å²) < 4.78 is 5.58. The van der Waals surface area contributed by atoms with Gasteiger partial charge in [-0.15, -0.1) is 0 Å². The molecule has 2 aliphatic heterocycles. The van der Waals surface area contributed by atoms with E-state index in [0.717, 1.165) is 45.1 Å². The number of ether oxygens (including phenoxy) is 1. The predicted molar refractivity (Wildman–Crippen MR) is 69.5 cm³/mol. The number of carbonyl (C=O) groups is 2. The van der Waals surface area contributed by atoms with Crippen molar-refractivity contribution in [2.24, 2.45) is 0 Å². The molecule has 2 amide bonds. The van der Waals surface area contributed by atoms with E-state index in [2.05, 4.69) is 0 Å². The van der Waals surface area contributed by atoms with Gasteiger partial charge in [-0.2, -0.15) is 0 Å². The summed E-state index contributed by atoms with van der Waals surface area (Å²) in [7, 11) is 1.71. The number of piperidine rings is 1. The summed E-state index contributed by atoms with van der Waals surface area (Å²) >= 11 is 0. The Bertz CT molecular complexity index is 387. The number of piperazine rings is 1. The maximum atomic E-state index is 12.5. The van der Waals surface area contributed by atoms with Crippen LogP contribution in [0.15, 0.2) is 0 Å². The number of rotatable bonds is 3. The van der Waals surface area contributed by atoms with E-state index in [1.165, 1.54) is 0 Å². The van der Waals surface area contributed by atoms with Crippen molar-refractivity contribution in [3.8, 4) is 0 Å². The minimum Gasteiger partial charge on any atom is -0.376 e. The second kappa shape index (κ2) is 4.78. The molecule has 106 valence electrons. The minimum absolute atomic E-state index is 0.106. The number of hydrogen-bond donors (Lipinski definition) is 0. The van der Waals surface area contributed by atoms with Crippen LogP contribution in [0.25, 0.3) is 0 Å². The Morgan fingerprint density at radius 3 is 2.68 bits per heavy atom. The molecule has 3 rings (SSSR count). The lowest BCUT2D eigenvalue weighted by Gasteiger charge is -2.48. The summed E-state index contributed by atoms with van der Waals surface area (Å²) in [5.41, 5.74) is -0.188. The summed E-state index contributed by atoms with van der Waals surface area (Å²) in [4.78, 5) is 28.2. The molecule has 0 aromatic carbocycles. The van der Waals surface area contributed by atoms with Gasteiger partial charge in [0.2, 0.25) is 11.8 Å². The Balaban J connectivity index is 1.72. The molecule has 1 aliphatic carbocycles. The molecule has 5 heteroatoms. The Hall–Kier alpha value is -1.10. The van der Waals surface area contributed by atoms with Gasteiger partial charge < -0.3 is 14.5 Å². The van der Waals surface area contributed by atoms with Crippen LogP contribution in [-0.4, -0.2) is 60.0 Å². The van der Waals surface area contributed by atoms with Crippen LogP contribution >= 0.6 is 0 Å². The Labute approximate surface area is 113 Å². The van der Waals surface area contributed by atoms with Gasteiger partial charge >= 0.3 is 0 Å². The highest BCUT2D eigenvalue weighted by Crippen LogP contribution is 2.36. The normalized spacial score (nSPS) is 30.1. The molecule has 1 unspecified atom stereocenters. The Morgan fingerprint density at radius 1 is 1.26 bits per heavy atom. The minimum atomic E-state index is -0.205. The molecule has 0 aromatic heterocycles. The maximum absolute atomic E-state index is 12.5. The van der Waals surface area contributed by atoms with Gasteiger partial charge in [0.05, 0.1) is 18.7 Å². The fraction of sp³-hybridized carbons (Fsp3) is 0.857. The first-order valence-corrected chi connectivity index (χ1v) is 7.29. The van der Waals surface area contributed by atoms with Gasteiger partial charge in [0, 0.05) is 13.7 Å². The smallest absolute Gasteiger partial charge is 0.245 e. The standard InChI is InChI=1S/C14H22N2O3/c1-19-14(6-4-7-14)10-15-9-12(17)16-8-3-2-5-11(16)13(15)18/h11H,2-10H2,1H3. The Morgan fingerprint density at radius 2 is 2.05 bits per heavy atom. The van der Waals surface area contributed by atoms with Crippen molar-refractivity contribution in [2.75, 3.05) is 26.7 Å². The average molecular weight is 266 g/mol. The molecule has 0 N–H and O–H groups in total. The van der Waals surface area contributed by atoms with Crippen LogP contribution in [0.3, 0.4) is 0 Å². The van der Waals surface area contributed by atoms with Crippen LogP contribution in [0.1, 0.15) is 38.5 Å². The predicted octanol–water partition coefficient (Wildman–Crippen LogP) is 0.779. The van der Waals surface area contributed by atoms with E-state index < -0.39 is 0 Å². The van der Waals surface area contributed by atoms with Gasteiger partial charge in [0.25, 0.3) is 0 Å². The number of hydrogen-bond acceptors (Lipinski definition) is 3. The van der Waals surface area contributed by atoms with Gasteiger partial charge in [-0.25, -0.2) is 0 Å². The first kappa shape index (κ1) is 12.9. The molecule has 2 saturated heterocycles. The zero-order valence-corrected chi connectivity index (χ0v) is 11.6. The van der Waals surface area contributed by atoms with Crippen molar-refractivity contribution >= 4 is 11.8 Å². The third-order valence-electron chi connectivity index (χ3n) is 4.92. The van der Waals surface area contributed by atoms with Crippen LogP contribution in [0, 0.1) is 0 Å². The molecule has 1 saturated carbocycles. The lowest BCUT2D eigenvalue weighted by molar-refractivity contribution is -0.164. The van der Waals surface area contributed by atoms with E-state index in [4.69, 9.17) is 4.74 Å². The van der Waals surface area contributed by atoms with Gasteiger partial charge in [-0.05, 0) is 38.5 Å². The third kappa shape index (κ3) is 2.14. The molecule has 0 aromatic rings. The van der Waals surface area contributed by atoms with E-state index in [-0.39, 0.29) is 30.0 Å². The molecular formula is C14H22N2O3. The van der Waals surface area contributed by atoms with Crippen molar-refractivity contribution in [3.63, 3.8) is 0 Å². The molecule has 3 fully saturated rings. The zero-order valence-electron chi connectivity index (χ0n) is 11.6. The van der Waals surface area contributed by atoms with E-state index in [0.29, 0.717) is 6.54 Å². The first-order chi connectivity index (χ1) is 9.15. The molecule has 1 atom stereocenters. The summed E-state index contributed by atoms with van der Waals surface area (Å²) in [6.45, 7) is 1.57. The highest BCUT2D eigenvalue weighted by atomic mass is 16.5. The summed E-state index contributed by atoms with van der Waals surface area (Å²) in [6.07, 6.45) is 6.03. The van der Waals surface area contributed by atoms with Gasteiger partial charge in [-0.1, -0.05) is 0 Å². The lowest BCUT2D eigenvalue weighted by Crippen LogP contribution is -2.64. The van der Waals surface area contributed by atoms with Crippen LogP contribution < -0.4 is 0 Å². The first-order valence-electron chi connectivity index (χ1n) is 7.29. The van der Waals surface area contributed by atoms with Crippen molar-refractivity contribution in [3.05, 3.63) is 0 Å². The SMILES string of the molecule is COC1(CN2CC(=O)N3CCCCC3C2=O)CCC1. The van der Waals surface area contributed by atoms with E-state index in [9.17, 15) is 9.59 Å². The molecule has 0 radical (unpaired) electrons. The summed E-state index contributed by atoms with van der Waals surface area (Å²) in [5.74, 6) is 0.234. The second-order valence-corrected chi connectivity index (χ2v) is 6.03. The summed E-state index contributed by atoms with van der Waals surface area (Å²) in [6, 6.07) is -0.205. The molecular weight excluding hydrogens is 244 g/mol. The van der Waals surface area contributed by atoms with Gasteiger partial charge in [0.15, 0.2) is 0 Å². The van der Waals surface area contributed by atoms with Crippen LogP contribution in [-0.2, 0) is 14.3 Å². The average Bonchev–Trinajstić information content (AvgIpc) is 2.39. The molecule has 0 bridgehead atoms.